The summed E-state index contributed by atoms with van der Waals surface area (Å²) in [5.74, 6) is -0.0943. The molecule has 150 valence electrons. The zero-order valence-electron chi connectivity index (χ0n) is 16.5. The molecule has 5 nitrogen and oxygen atoms in total. The van der Waals surface area contributed by atoms with Gasteiger partial charge in [-0.25, -0.2) is 8.42 Å². The van der Waals surface area contributed by atoms with Gasteiger partial charge in [-0.05, 0) is 51.0 Å². The maximum absolute atomic E-state index is 13.3. The number of sulfonamides is 1. The van der Waals surface area contributed by atoms with Crippen molar-refractivity contribution in [3.8, 4) is 0 Å². The van der Waals surface area contributed by atoms with Gasteiger partial charge in [-0.15, -0.1) is 0 Å². The molecule has 2 aromatic carbocycles. The van der Waals surface area contributed by atoms with Crippen LogP contribution in [0.5, 0.6) is 0 Å². The molecule has 0 saturated heterocycles. The monoisotopic (exact) mass is 400 g/mol. The summed E-state index contributed by atoms with van der Waals surface area (Å²) in [6, 6.07) is 14.4. The fourth-order valence-electron chi connectivity index (χ4n) is 3.51. The Balaban J connectivity index is 1.81. The minimum Gasteiger partial charge on any atom is -0.353 e. The SMILES string of the molecule is Cc1ccc(N(CCC(=O)NC2CCCC2)S(=O)(=O)c2ccc(C)cc2)cc1. The Morgan fingerprint density at radius 1 is 0.964 bits per heavy atom. The zero-order valence-corrected chi connectivity index (χ0v) is 17.3. The highest BCUT2D eigenvalue weighted by Gasteiger charge is 2.26. The Morgan fingerprint density at radius 3 is 2.07 bits per heavy atom. The van der Waals surface area contributed by atoms with Gasteiger partial charge in [0.15, 0.2) is 0 Å². The first kappa shape index (κ1) is 20.4. The molecule has 0 bridgehead atoms. The van der Waals surface area contributed by atoms with Crippen LogP contribution >= 0.6 is 0 Å². The van der Waals surface area contributed by atoms with Crippen LogP contribution in [-0.2, 0) is 14.8 Å². The first-order valence-corrected chi connectivity index (χ1v) is 11.3. The molecular formula is C22H28N2O3S. The summed E-state index contributed by atoms with van der Waals surface area (Å²) in [6.45, 7) is 3.98. The Kier molecular flexibility index (Phi) is 6.39. The average molecular weight is 401 g/mol. The van der Waals surface area contributed by atoms with Crippen molar-refractivity contribution in [3.63, 3.8) is 0 Å². The number of hydrogen-bond acceptors (Lipinski definition) is 3. The van der Waals surface area contributed by atoms with Crippen LogP contribution < -0.4 is 9.62 Å². The van der Waals surface area contributed by atoms with Gasteiger partial charge in [0.25, 0.3) is 10.0 Å². The minimum atomic E-state index is -3.75. The number of carbonyl (C=O) groups is 1. The molecule has 1 aliphatic carbocycles. The van der Waals surface area contributed by atoms with Gasteiger partial charge in [0.2, 0.25) is 5.91 Å². The number of anilines is 1. The van der Waals surface area contributed by atoms with Gasteiger partial charge in [0.05, 0.1) is 10.6 Å². The van der Waals surface area contributed by atoms with Crippen LogP contribution in [0.4, 0.5) is 5.69 Å². The van der Waals surface area contributed by atoms with E-state index in [-0.39, 0.29) is 29.8 Å². The fraction of sp³-hybridized carbons (Fsp3) is 0.409. The van der Waals surface area contributed by atoms with Gasteiger partial charge >= 0.3 is 0 Å². The normalized spacial score (nSPS) is 14.8. The first-order valence-electron chi connectivity index (χ1n) is 9.82. The number of hydrogen-bond donors (Lipinski definition) is 1. The lowest BCUT2D eigenvalue weighted by molar-refractivity contribution is -0.121. The van der Waals surface area contributed by atoms with Gasteiger partial charge in [0.1, 0.15) is 0 Å². The molecule has 1 fully saturated rings. The number of nitrogens with zero attached hydrogens (tertiary/aromatic N) is 1. The van der Waals surface area contributed by atoms with Crippen molar-refractivity contribution in [2.45, 2.75) is 56.9 Å². The standard InChI is InChI=1S/C22H28N2O3S/c1-17-7-11-20(12-8-17)24(16-15-22(25)23-19-5-3-4-6-19)28(26,27)21-13-9-18(2)10-14-21/h7-14,19H,3-6,15-16H2,1-2H3,(H,23,25). The zero-order chi connectivity index (χ0) is 20.1. The summed E-state index contributed by atoms with van der Waals surface area (Å²) < 4.78 is 27.9. The predicted molar refractivity (Wildman–Crippen MR) is 112 cm³/mol. The third-order valence-corrected chi connectivity index (χ3v) is 7.03. The summed E-state index contributed by atoms with van der Waals surface area (Å²) in [7, 11) is -3.75. The van der Waals surface area contributed by atoms with Crippen molar-refractivity contribution in [1.82, 2.24) is 5.32 Å². The Morgan fingerprint density at radius 2 is 1.50 bits per heavy atom. The molecular weight excluding hydrogens is 372 g/mol. The predicted octanol–water partition coefficient (Wildman–Crippen LogP) is 3.95. The second-order valence-electron chi connectivity index (χ2n) is 7.52. The van der Waals surface area contributed by atoms with E-state index in [1.54, 1.807) is 36.4 Å². The Labute approximate surface area is 167 Å². The summed E-state index contributed by atoms with van der Waals surface area (Å²) in [5, 5.41) is 3.03. The van der Waals surface area contributed by atoms with Gasteiger partial charge in [-0.3, -0.25) is 9.10 Å². The molecule has 3 rings (SSSR count). The molecule has 0 aromatic heterocycles. The van der Waals surface area contributed by atoms with Crippen molar-refractivity contribution in [1.29, 1.82) is 0 Å². The molecule has 6 heteroatoms. The van der Waals surface area contributed by atoms with Crippen molar-refractivity contribution in [2.75, 3.05) is 10.8 Å². The smallest absolute Gasteiger partial charge is 0.264 e. The van der Waals surface area contributed by atoms with Gasteiger partial charge in [0, 0.05) is 19.0 Å². The Hall–Kier alpha value is -2.34. The maximum Gasteiger partial charge on any atom is 0.264 e. The maximum atomic E-state index is 13.3. The van der Waals surface area contributed by atoms with Crippen LogP contribution in [0, 0.1) is 13.8 Å². The van der Waals surface area contributed by atoms with Gasteiger partial charge in [-0.1, -0.05) is 48.2 Å². The Bertz CT molecular complexity index is 900. The van der Waals surface area contributed by atoms with E-state index in [0.29, 0.717) is 5.69 Å². The number of aryl methyl sites for hydroxylation is 2. The van der Waals surface area contributed by atoms with Crippen LogP contribution in [0.15, 0.2) is 53.4 Å². The molecule has 1 saturated carbocycles. The molecule has 0 aliphatic heterocycles. The van der Waals surface area contributed by atoms with E-state index in [4.69, 9.17) is 0 Å². The first-order chi connectivity index (χ1) is 13.4. The van der Waals surface area contributed by atoms with E-state index >= 15 is 0 Å². The lowest BCUT2D eigenvalue weighted by Gasteiger charge is -2.25. The quantitative estimate of drug-likeness (QED) is 0.765. The second kappa shape index (κ2) is 8.78. The van der Waals surface area contributed by atoms with E-state index in [1.807, 2.05) is 26.0 Å². The van der Waals surface area contributed by atoms with E-state index < -0.39 is 10.0 Å². The number of amides is 1. The molecule has 0 radical (unpaired) electrons. The number of benzene rings is 2. The molecule has 28 heavy (non-hydrogen) atoms. The molecule has 0 atom stereocenters. The summed E-state index contributed by atoms with van der Waals surface area (Å²) in [4.78, 5) is 12.6. The summed E-state index contributed by atoms with van der Waals surface area (Å²) in [6.07, 6.45) is 4.43. The fourth-order valence-corrected chi connectivity index (χ4v) is 4.98. The van der Waals surface area contributed by atoms with Gasteiger partial charge < -0.3 is 5.32 Å². The molecule has 1 N–H and O–H groups in total. The van der Waals surface area contributed by atoms with E-state index in [1.165, 1.54) is 4.31 Å². The molecule has 2 aromatic rings. The van der Waals surface area contributed by atoms with E-state index in [0.717, 1.165) is 36.8 Å². The number of nitrogens with one attached hydrogen (secondary N) is 1. The average Bonchev–Trinajstić information content (AvgIpc) is 3.16. The second-order valence-corrected chi connectivity index (χ2v) is 9.39. The van der Waals surface area contributed by atoms with Crippen LogP contribution in [0.2, 0.25) is 0 Å². The topological polar surface area (TPSA) is 66.5 Å². The summed E-state index contributed by atoms with van der Waals surface area (Å²) >= 11 is 0. The lowest BCUT2D eigenvalue weighted by atomic mass is 10.2. The summed E-state index contributed by atoms with van der Waals surface area (Å²) in [5.41, 5.74) is 2.62. The molecule has 1 amide bonds. The minimum absolute atomic E-state index is 0.0943. The third-order valence-electron chi connectivity index (χ3n) is 5.19. The van der Waals surface area contributed by atoms with Crippen molar-refractivity contribution in [3.05, 3.63) is 59.7 Å². The third kappa shape index (κ3) is 4.93. The number of rotatable bonds is 7. The molecule has 0 spiro atoms. The van der Waals surface area contributed by atoms with Crippen LogP contribution in [-0.4, -0.2) is 26.9 Å². The molecule has 0 unspecified atom stereocenters. The largest absolute Gasteiger partial charge is 0.353 e. The highest BCUT2D eigenvalue weighted by molar-refractivity contribution is 7.92. The molecule has 0 heterocycles. The van der Waals surface area contributed by atoms with Crippen molar-refractivity contribution < 1.29 is 13.2 Å². The highest BCUT2D eigenvalue weighted by atomic mass is 32.2. The van der Waals surface area contributed by atoms with E-state index in [2.05, 4.69) is 5.32 Å². The van der Waals surface area contributed by atoms with Crippen LogP contribution in [0.1, 0.15) is 43.2 Å². The van der Waals surface area contributed by atoms with Crippen molar-refractivity contribution in [2.24, 2.45) is 0 Å². The van der Waals surface area contributed by atoms with E-state index in [9.17, 15) is 13.2 Å². The van der Waals surface area contributed by atoms with Gasteiger partial charge in [-0.2, -0.15) is 0 Å². The molecule has 1 aliphatic rings. The van der Waals surface area contributed by atoms with Crippen LogP contribution in [0.25, 0.3) is 0 Å². The highest BCUT2D eigenvalue weighted by Crippen LogP contribution is 2.25. The lowest BCUT2D eigenvalue weighted by Crippen LogP contribution is -2.38. The number of carbonyl (C=O) groups excluding carboxylic acids is 1. The van der Waals surface area contributed by atoms with Crippen molar-refractivity contribution >= 4 is 21.6 Å². The van der Waals surface area contributed by atoms with Crippen LogP contribution in [0.3, 0.4) is 0 Å².